The molecule has 6 nitrogen and oxygen atoms in total. The van der Waals surface area contributed by atoms with Crippen LogP contribution in [0.4, 0.5) is 5.69 Å². The van der Waals surface area contributed by atoms with Crippen LogP contribution >= 0.6 is 12.4 Å². The highest BCUT2D eigenvalue weighted by atomic mass is 35.5. The molecule has 2 aromatic rings. The van der Waals surface area contributed by atoms with Gasteiger partial charge in [0.25, 0.3) is 15.9 Å². The number of aryl methyl sites for hydroxylation is 2. The Balaban J connectivity index is 0.00000300. The summed E-state index contributed by atoms with van der Waals surface area (Å²) in [6, 6.07) is 11.8. The molecule has 1 aliphatic rings. The van der Waals surface area contributed by atoms with Crippen LogP contribution in [0.3, 0.4) is 0 Å². The van der Waals surface area contributed by atoms with E-state index in [0.29, 0.717) is 17.8 Å². The summed E-state index contributed by atoms with van der Waals surface area (Å²) in [4.78, 5) is 12.7. The Bertz CT molecular complexity index is 1020. The minimum Gasteiger partial charge on any atom is -0.348 e. The van der Waals surface area contributed by atoms with Gasteiger partial charge in [-0.3, -0.25) is 9.52 Å². The van der Waals surface area contributed by atoms with Crippen LogP contribution < -0.4 is 15.4 Å². The molecule has 0 radical (unpaired) electrons. The minimum atomic E-state index is -3.79. The minimum absolute atomic E-state index is 0. The molecule has 2 aromatic carbocycles. The average Bonchev–Trinajstić information content (AvgIpc) is 2.69. The van der Waals surface area contributed by atoms with E-state index in [1.807, 2.05) is 19.1 Å². The van der Waals surface area contributed by atoms with Crippen molar-refractivity contribution in [1.29, 1.82) is 0 Å². The summed E-state index contributed by atoms with van der Waals surface area (Å²) in [7, 11) is -3.79. The Morgan fingerprint density at radius 3 is 2.55 bits per heavy atom. The smallest absolute Gasteiger partial charge is 0.261 e. The number of anilines is 1. The molecule has 0 fully saturated rings. The van der Waals surface area contributed by atoms with E-state index in [-0.39, 0.29) is 23.2 Å². The third-order valence-electron chi connectivity index (χ3n) is 4.79. The first-order valence-electron chi connectivity index (χ1n) is 9.23. The van der Waals surface area contributed by atoms with Crippen molar-refractivity contribution in [2.24, 2.45) is 0 Å². The monoisotopic (exact) mass is 435 g/mol. The molecule has 0 aliphatic carbocycles. The summed E-state index contributed by atoms with van der Waals surface area (Å²) in [5, 5.41) is 6.13. The van der Waals surface area contributed by atoms with E-state index in [1.165, 1.54) is 17.7 Å². The predicted octanol–water partition coefficient (Wildman–Crippen LogP) is 3.18. The molecule has 0 saturated heterocycles. The Morgan fingerprint density at radius 1 is 1.10 bits per heavy atom. The summed E-state index contributed by atoms with van der Waals surface area (Å²) < 4.78 is 28.2. The fourth-order valence-corrected chi connectivity index (χ4v) is 4.18. The van der Waals surface area contributed by atoms with Gasteiger partial charge in [0, 0.05) is 18.7 Å². The summed E-state index contributed by atoms with van der Waals surface area (Å²) in [6.45, 7) is 5.81. The molecule has 1 amide bonds. The van der Waals surface area contributed by atoms with Gasteiger partial charge in [-0.05, 0) is 56.1 Å². The third-order valence-corrected chi connectivity index (χ3v) is 6.15. The van der Waals surface area contributed by atoms with Crippen molar-refractivity contribution in [3.05, 3.63) is 70.8 Å². The largest absolute Gasteiger partial charge is 0.348 e. The van der Waals surface area contributed by atoms with Crippen LogP contribution in [-0.4, -0.2) is 34.0 Å². The van der Waals surface area contributed by atoms with Crippen LogP contribution in [0.2, 0.25) is 0 Å². The van der Waals surface area contributed by atoms with Crippen LogP contribution in [0.15, 0.2) is 59.0 Å². The lowest BCUT2D eigenvalue weighted by molar-refractivity contribution is 0.0956. The number of rotatable bonds is 6. The summed E-state index contributed by atoms with van der Waals surface area (Å²) in [6.07, 6.45) is 2.97. The second kappa shape index (κ2) is 9.91. The Hall–Kier alpha value is -2.35. The van der Waals surface area contributed by atoms with Gasteiger partial charge in [0.15, 0.2) is 0 Å². The first-order chi connectivity index (χ1) is 13.4. The van der Waals surface area contributed by atoms with Crippen molar-refractivity contribution in [2.45, 2.75) is 25.2 Å². The van der Waals surface area contributed by atoms with E-state index in [0.717, 1.165) is 30.6 Å². The average molecular weight is 436 g/mol. The van der Waals surface area contributed by atoms with Crippen LogP contribution in [0.1, 0.15) is 27.9 Å². The van der Waals surface area contributed by atoms with E-state index < -0.39 is 10.0 Å². The maximum atomic E-state index is 12.8. The molecule has 0 aromatic heterocycles. The van der Waals surface area contributed by atoms with Crippen LogP contribution in [-0.2, 0) is 10.0 Å². The lowest BCUT2D eigenvalue weighted by atomic mass is 10.1. The first kappa shape index (κ1) is 22.9. The molecule has 0 unspecified atom stereocenters. The second-order valence-electron chi connectivity index (χ2n) is 6.90. The lowest BCUT2D eigenvalue weighted by Gasteiger charge is -2.16. The van der Waals surface area contributed by atoms with Gasteiger partial charge >= 0.3 is 0 Å². The van der Waals surface area contributed by atoms with Gasteiger partial charge in [-0.2, -0.15) is 0 Å². The Kier molecular flexibility index (Phi) is 7.84. The SMILES string of the molecule is Cc1ccccc1NS(=O)(=O)c1ccc(C)c(C(=O)NCC2=CCNCC2)c1.Cl. The van der Waals surface area contributed by atoms with E-state index in [4.69, 9.17) is 0 Å². The van der Waals surface area contributed by atoms with Gasteiger partial charge in [0.2, 0.25) is 0 Å². The van der Waals surface area contributed by atoms with E-state index in [2.05, 4.69) is 21.4 Å². The molecule has 8 heteroatoms. The number of benzene rings is 2. The van der Waals surface area contributed by atoms with Crippen LogP contribution in [0.25, 0.3) is 0 Å². The Labute approximate surface area is 178 Å². The molecule has 0 saturated carbocycles. The number of sulfonamides is 1. The molecule has 0 spiro atoms. The number of hydrogen-bond donors (Lipinski definition) is 3. The maximum Gasteiger partial charge on any atom is 0.261 e. The van der Waals surface area contributed by atoms with Gasteiger partial charge in [-0.1, -0.05) is 35.9 Å². The summed E-state index contributed by atoms with van der Waals surface area (Å²) in [5.41, 5.74) is 3.61. The highest BCUT2D eigenvalue weighted by Crippen LogP contribution is 2.21. The number of carbonyl (C=O) groups excluding carboxylic acids is 1. The van der Waals surface area contributed by atoms with Gasteiger partial charge in [0.05, 0.1) is 10.6 Å². The van der Waals surface area contributed by atoms with Crippen molar-refractivity contribution >= 4 is 34.0 Å². The fraction of sp³-hybridized carbons (Fsp3) is 0.286. The lowest BCUT2D eigenvalue weighted by Crippen LogP contribution is -2.30. The quantitative estimate of drug-likeness (QED) is 0.608. The zero-order chi connectivity index (χ0) is 20.1. The second-order valence-corrected chi connectivity index (χ2v) is 8.58. The number of halogens is 1. The highest BCUT2D eigenvalue weighted by Gasteiger charge is 2.19. The highest BCUT2D eigenvalue weighted by molar-refractivity contribution is 7.92. The van der Waals surface area contributed by atoms with E-state index >= 15 is 0 Å². The van der Waals surface area contributed by atoms with Gasteiger partial charge < -0.3 is 10.6 Å². The van der Waals surface area contributed by atoms with Crippen molar-refractivity contribution in [3.8, 4) is 0 Å². The molecule has 3 rings (SSSR count). The van der Waals surface area contributed by atoms with E-state index in [9.17, 15) is 13.2 Å². The normalized spacial score (nSPS) is 13.8. The predicted molar refractivity (Wildman–Crippen MR) is 118 cm³/mol. The topological polar surface area (TPSA) is 87.3 Å². The number of nitrogens with one attached hydrogen (secondary N) is 3. The molecule has 156 valence electrons. The van der Waals surface area contributed by atoms with Crippen molar-refractivity contribution < 1.29 is 13.2 Å². The molecule has 0 atom stereocenters. The van der Waals surface area contributed by atoms with Crippen LogP contribution in [0.5, 0.6) is 0 Å². The molecule has 29 heavy (non-hydrogen) atoms. The third kappa shape index (κ3) is 5.82. The van der Waals surface area contributed by atoms with Crippen molar-refractivity contribution in [2.75, 3.05) is 24.4 Å². The summed E-state index contributed by atoms with van der Waals surface area (Å²) >= 11 is 0. The molecule has 1 heterocycles. The molecular weight excluding hydrogens is 410 g/mol. The molecule has 1 aliphatic heterocycles. The van der Waals surface area contributed by atoms with Gasteiger partial charge in [-0.15, -0.1) is 12.4 Å². The Morgan fingerprint density at radius 2 is 1.86 bits per heavy atom. The van der Waals surface area contributed by atoms with Gasteiger partial charge in [0.1, 0.15) is 0 Å². The molecule has 3 N–H and O–H groups in total. The van der Waals surface area contributed by atoms with Crippen molar-refractivity contribution in [1.82, 2.24) is 10.6 Å². The number of amides is 1. The fourth-order valence-electron chi connectivity index (χ4n) is 3.02. The zero-order valence-electron chi connectivity index (χ0n) is 16.5. The van der Waals surface area contributed by atoms with Crippen LogP contribution in [0, 0.1) is 13.8 Å². The van der Waals surface area contributed by atoms with Crippen molar-refractivity contribution in [3.63, 3.8) is 0 Å². The summed E-state index contributed by atoms with van der Waals surface area (Å²) in [5.74, 6) is -0.273. The standard InChI is InChI=1S/C21H25N3O3S.ClH/c1-15-7-8-18(28(26,27)24-20-6-4-3-5-16(20)2)13-19(15)21(25)23-14-17-9-11-22-12-10-17;/h3-9,13,22,24H,10-12,14H2,1-2H3,(H,23,25);1H. The van der Waals surface area contributed by atoms with Gasteiger partial charge in [-0.25, -0.2) is 8.42 Å². The number of hydrogen-bond acceptors (Lipinski definition) is 4. The number of carbonyl (C=O) groups is 1. The zero-order valence-corrected chi connectivity index (χ0v) is 18.1. The first-order valence-corrected chi connectivity index (χ1v) is 10.7. The molecule has 0 bridgehead atoms. The maximum absolute atomic E-state index is 12.8. The van der Waals surface area contributed by atoms with E-state index in [1.54, 1.807) is 25.1 Å². The number of para-hydroxylation sites is 1. The molecular formula is C21H26ClN3O3S.